The summed E-state index contributed by atoms with van der Waals surface area (Å²) in [6.45, 7) is 5.04. The van der Waals surface area contributed by atoms with E-state index in [0.29, 0.717) is 19.6 Å². The zero-order chi connectivity index (χ0) is 19.9. The maximum absolute atomic E-state index is 11.6. The highest BCUT2D eigenvalue weighted by atomic mass is 32.1. The number of hydrogen-bond donors (Lipinski definition) is 1. The fourth-order valence-electron chi connectivity index (χ4n) is 2.88. The SMILES string of the molecule is Cc1ccc(OCCOc2ccc(CC(C(=O)O)c3cccs3)cc2)cc1C. The highest BCUT2D eigenvalue weighted by Gasteiger charge is 2.21. The first-order valence-corrected chi connectivity index (χ1v) is 10.1. The minimum absolute atomic E-state index is 0.444. The van der Waals surface area contributed by atoms with Gasteiger partial charge in [0.2, 0.25) is 0 Å². The fourth-order valence-corrected chi connectivity index (χ4v) is 3.70. The second-order valence-corrected chi connectivity index (χ2v) is 7.68. The van der Waals surface area contributed by atoms with Gasteiger partial charge in [0.05, 0.1) is 5.92 Å². The van der Waals surface area contributed by atoms with E-state index in [1.807, 2.05) is 60.0 Å². The number of ether oxygens (including phenoxy) is 2. The molecule has 0 spiro atoms. The van der Waals surface area contributed by atoms with E-state index in [2.05, 4.69) is 13.8 Å². The molecule has 0 bridgehead atoms. The molecule has 0 saturated carbocycles. The van der Waals surface area contributed by atoms with Crippen LogP contribution in [0.3, 0.4) is 0 Å². The molecule has 1 unspecified atom stereocenters. The summed E-state index contributed by atoms with van der Waals surface area (Å²) in [5, 5.41) is 11.4. The molecule has 0 fully saturated rings. The van der Waals surface area contributed by atoms with Gasteiger partial charge >= 0.3 is 5.97 Å². The van der Waals surface area contributed by atoms with Crippen LogP contribution in [0.5, 0.6) is 11.5 Å². The summed E-state index contributed by atoms with van der Waals surface area (Å²) in [7, 11) is 0. The fraction of sp³-hybridized carbons (Fsp3) is 0.261. The van der Waals surface area contributed by atoms with E-state index in [4.69, 9.17) is 9.47 Å². The van der Waals surface area contributed by atoms with Crippen LogP contribution in [0.1, 0.15) is 27.5 Å². The molecule has 1 heterocycles. The lowest BCUT2D eigenvalue weighted by atomic mass is 9.98. The quantitative estimate of drug-likeness (QED) is 0.503. The summed E-state index contributed by atoms with van der Waals surface area (Å²) < 4.78 is 11.4. The Morgan fingerprint density at radius 1 is 0.964 bits per heavy atom. The van der Waals surface area contributed by atoms with Crippen LogP contribution in [-0.4, -0.2) is 24.3 Å². The molecule has 0 aliphatic heterocycles. The van der Waals surface area contributed by atoms with Gasteiger partial charge < -0.3 is 14.6 Å². The summed E-state index contributed by atoms with van der Waals surface area (Å²) in [5.74, 6) is 0.273. The molecule has 0 aliphatic rings. The number of carboxylic acid groups (broad SMARTS) is 1. The standard InChI is InChI=1S/C23H24O4S/c1-16-5-8-20(14-17(16)2)27-12-11-26-19-9-6-18(7-10-19)15-21(23(24)25)22-4-3-13-28-22/h3-10,13-14,21H,11-12,15H2,1-2H3,(H,24,25). The Balaban J connectivity index is 1.48. The Morgan fingerprint density at radius 3 is 2.25 bits per heavy atom. The molecule has 0 amide bonds. The van der Waals surface area contributed by atoms with Crippen LogP contribution in [0.2, 0.25) is 0 Å². The Morgan fingerprint density at radius 2 is 1.64 bits per heavy atom. The summed E-state index contributed by atoms with van der Waals surface area (Å²) in [6.07, 6.45) is 0.464. The van der Waals surface area contributed by atoms with Gasteiger partial charge in [0.1, 0.15) is 24.7 Å². The van der Waals surface area contributed by atoms with Gasteiger partial charge in [-0.05, 0) is 72.7 Å². The molecule has 2 aromatic carbocycles. The van der Waals surface area contributed by atoms with Crippen molar-refractivity contribution in [3.63, 3.8) is 0 Å². The zero-order valence-electron chi connectivity index (χ0n) is 16.1. The minimum Gasteiger partial charge on any atom is -0.490 e. The largest absolute Gasteiger partial charge is 0.490 e. The lowest BCUT2D eigenvalue weighted by molar-refractivity contribution is -0.138. The van der Waals surface area contributed by atoms with E-state index in [0.717, 1.165) is 21.9 Å². The van der Waals surface area contributed by atoms with Crippen molar-refractivity contribution >= 4 is 17.3 Å². The van der Waals surface area contributed by atoms with Crippen molar-refractivity contribution in [3.05, 3.63) is 81.5 Å². The third-order valence-electron chi connectivity index (χ3n) is 4.65. The summed E-state index contributed by atoms with van der Waals surface area (Å²) >= 11 is 1.48. The molecule has 1 aromatic heterocycles. The molecule has 4 nitrogen and oxygen atoms in total. The van der Waals surface area contributed by atoms with Gasteiger partial charge in [-0.1, -0.05) is 24.3 Å². The molecule has 28 heavy (non-hydrogen) atoms. The maximum Gasteiger partial charge on any atom is 0.312 e. The van der Waals surface area contributed by atoms with E-state index in [1.165, 1.54) is 22.5 Å². The highest BCUT2D eigenvalue weighted by molar-refractivity contribution is 7.10. The molecule has 0 aliphatic carbocycles. The first-order valence-electron chi connectivity index (χ1n) is 9.21. The molecule has 3 aromatic rings. The topological polar surface area (TPSA) is 55.8 Å². The number of rotatable bonds is 9. The Hall–Kier alpha value is -2.79. The molecule has 3 rings (SSSR count). The molecule has 5 heteroatoms. The van der Waals surface area contributed by atoms with Crippen LogP contribution < -0.4 is 9.47 Å². The lowest BCUT2D eigenvalue weighted by Crippen LogP contribution is -2.13. The van der Waals surface area contributed by atoms with Gasteiger partial charge in [-0.15, -0.1) is 11.3 Å². The van der Waals surface area contributed by atoms with Gasteiger partial charge in [0.15, 0.2) is 0 Å². The van der Waals surface area contributed by atoms with Crippen LogP contribution in [0.15, 0.2) is 60.0 Å². The molecule has 1 N–H and O–H groups in total. The first-order chi connectivity index (χ1) is 13.5. The van der Waals surface area contributed by atoms with Gasteiger partial charge in [-0.25, -0.2) is 0 Å². The van der Waals surface area contributed by atoms with Crippen molar-refractivity contribution < 1.29 is 19.4 Å². The average Bonchev–Trinajstić information content (AvgIpc) is 3.21. The van der Waals surface area contributed by atoms with Crippen LogP contribution in [0, 0.1) is 13.8 Å². The van der Waals surface area contributed by atoms with Crippen molar-refractivity contribution in [2.24, 2.45) is 0 Å². The molecule has 0 saturated heterocycles. The number of aliphatic carboxylic acids is 1. The predicted octanol–water partition coefficient (Wildman–Crippen LogP) is 5.23. The van der Waals surface area contributed by atoms with Crippen molar-refractivity contribution in [1.82, 2.24) is 0 Å². The average molecular weight is 397 g/mol. The number of carboxylic acids is 1. The normalized spacial score (nSPS) is 11.8. The zero-order valence-corrected chi connectivity index (χ0v) is 16.9. The Labute approximate surface area is 169 Å². The summed E-state index contributed by atoms with van der Waals surface area (Å²) in [5.41, 5.74) is 3.42. The second kappa shape index (κ2) is 9.42. The lowest BCUT2D eigenvalue weighted by Gasteiger charge is -2.12. The second-order valence-electron chi connectivity index (χ2n) is 6.70. The van der Waals surface area contributed by atoms with E-state index in [1.54, 1.807) is 0 Å². The van der Waals surface area contributed by atoms with Crippen molar-refractivity contribution in [2.75, 3.05) is 13.2 Å². The molecular weight excluding hydrogens is 372 g/mol. The smallest absolute Gasteiger partial charge is 0.312 e. The van der Waals surface area contributed by atoms with Crippen molar-refractivity contribution in [2.45, 2.75) is 26.2 Å². The number of benzene rings is 2. The molecular formula is C23H24O4S. The Bertz CT molecular complexity index is 901. The van der Waals surface area contributed by atoms with Gasteiger partial charge in [-0.3, -0.25) is 4.79 Å². The van der Waals surface area contributed by atoms with E-state index >= 15 is 0 Å². The van der Waals surface area contributed by atoms with Crippen molar-refractivity contribution in [1.29, 1.82) is 0 Å². The minimum atomic E-state index is -0.800. The number of thiophene rings is 1. The van der Waals surface area contributed by atoms with Crippen LogP contribution in [-0.2, 0) is 11.2 Å². The maximum atomic E-state index is 11.6. The summed E-state index contributed by atoms with van der Waals surface area (Å²) in [4.78, 5) is 12.4. The van der Waals surface area contributed by atoms with Crippen LogP contribution in [0.25, 0.3) is 0 Å². The number of carbonyl (C=O) groups is 1. The van der Waals surface area contributed by atoms with E-state index in [9.17, 15) is 9.90 Å². The van der Waals surface area contributed by atoms with Gasteiger partial charge in [0.25, 0.3) is 0 Å². The van der Waals surface area contributed by atoms with E-state index < -0.39 is 11.9 Å². The molecule has 0 radical (unpaired) electrons. The van der Waals surface area contributed by atoms with Gasteiger partial charge in [0, 0.05) is 4.88 Å². The van der Waals surface area contributed by atoms with Crippen LogP contribution >= 0.6 is 11.3 Å². The third kappa shape index (κ3) is 5.36. The van der Waals surface area contributed by atoms with Crippen LogP contribution in [0.4, 0.5) is 0 Å². The summed E-state index contributed by atoms with van der Waals surface area (Å²) in [6, 6.07) is 17.4. The van der Waals surface area contributed by atoms with Gasteiger partial charge in [-0.2, -0.15) is 0 Å². The third-order valence-corrected chi connectivity index (χ3v) is 5.63. The van der Waals surface area contributed by atoms with Crippen molar-refractivity contribution in [3.8, 4) is 11.5 Å². The molecule has 1 atom stereocenters. The molecule has 146 valence electrons. The highest BCUT2D eigenvalue weighted by Crippen LogP contribution is 2.26. The monoisotopic (exact) mass is 396 g/mol. The number of hydrogen-bond acceptors (Lipinski definition) is 4. The first kappa shape index (κ1) is 20.0. The predicted molar refractivity (Wildman–Crippen MR) is 112 cm³/mol. The Kier molecular flexibility index (Phi) is 6.71. The van der Waals surface area contributed by atoms with E-state index in [-0.39, 0.29) is 0 Å². The number of aryl methyl sites for hydroxylation is 2.